The van der Waals surface area contributed by atoms with Crippen molar-refractivity contribution in [2.24, 2.45) is 0 Å². The van der Waals surface area contributed by atoms with Crippen LogP contribution in [0.2, 0.25) is 0 Å². The fraction of sp³-hybridized carbons (Fsp3) is 0. The van der Waals surface area contributed by atoms with E-state index in [9.17, 15) is 5.02 Å². The zero-order valence-electron chi connectivity index (χ0n) is 11.5. The Morgan fingerprint density at radius 3 is 1.71 bits per heavy atom. The van der Waals surface area contributed by atoms with Crippen LogP contribution >= 0.6 is 0 Å². The Morgan fingerprint density at radius 2 is 1.19 bits per heavy atom. The molecule has 1 N–H and O–H groups in total. The molecule has 1 heterocycles. The minimum Gasteiger partial charge on any atom is -0.449 e. The predicted octanol–water partition coefficient (Wildman–Crippen LogP) is 2.75. The summed E-state index contributed by atoms with van der Waals surface area (Å²) in [5, 5.41) is 11.7. The number of hydrogen-bond acceptors (Lipinski definition) is 1. The normalized spacial score (nSPS) is 11.1. The van der Waals surface area contributed by atoms with Gasteiger partial charge in [0.15, 0.2) is 0 Å². The molecule has 0 aliphatic heterocycles. The lowest BCUT2D eigenvalue weighted by molar-refractivity contribution is 0.615. The molecule has 0 saturated carbocycles. The predicted molar refractivity (Wildman–Crippen MR) is 89.8 cm³/mol. The highest BCUT2D eigenvalue weighted by Gasteiger charge is 2.10. The molecule has 0 bridgehead atoms. The first-order chi connectivity index (χ1) is 10.4. The third-order valence-electron chi connectivity index (χ3n) is 3.96. The molecule has 4 aromatic rings. The summed E-state index contributed by atoms with van der Waals surface area (Å²) in [5.41, 5.74) is 4.45. The largest absolute Gasteiger partial charge is 0.449 e. The quantitative estimate of drug-likeness (QED) is 0.557. The Balaban J connectivity index is 2.09. The van der Waals surface area contributed by atoms with E-state index in [1.54, 1.807) is 0 Å². The molecular formula is C18H14BNO. The van der Waals surface area contributed by atoms with Crippen LogP contribution in [0, 0.1) is 0 Å². The van der Waals surface area contributed by atoms with Crippen molar-refractivity contribution in [3.63, 3.8) is 0 Å². The number of hydrogen-bond donors (Lipinski definition) is 1. The summed E-state index contributed by atoms with van der Waals surface area (Å²) in [7, 11) is 0.0768. The first-order valence-electron chi connectivity index (χ1n) is 7.07. The molecule has 0 atom stereocenters. The SMILES string of the molecule is OBc1ccc(-n2c3ccccc3c3ccccc32)cc1. The minimum atomic E-state index is 0.0768. The van der Waals surface area contributed by atoms with Gasteiger partial charge >= 0.3 is 7.48 Å². The van der Waals surface area contributed by atoms with Crippen molar-refractivity contribution in [3.8, 4) is 5.69 Å². The van der Waals surface area contributed by atoms with Crippen LogP contribution < -0.4 is 5.46 Å². The van der Waals surface area contributed by atoms with E-state index >= 15 is 0 Å². The molecule has 1 aromatic heterocycles. The van der Waals surface area contributed by atoms with Gasteiger partial charge in [0, 0.05) is 16.5 Å². The number of nitrogens with zero attached hydrogens (tertiary/aromatic N) is 1. The molecule has 0 aliphatic rings. The molecular weight excluding hydrogens is 257 g/mol. The van der Waals surface area contributed by atoms with E-state index in [1.165, 1.54) is 21.8 Å². The topological polar surface area (TPSA) is 25.2 Å². The van der Waals surface area contributed by atoms with Crippen LogP contribution in [0.3, 0.4) is 0 Å². The van der Waals surface area contributed by atoms with Crippen LogP contribution in [-0.2, 0) is 0 Å². The zero-order valence-corrected chi connectivity index (χ0v) is 11.5. The van der Waals surface area contributed by atoms with E-state index in [1.807, 2.05) is 12.1 Å². The summed E-state index contributed by atoms with van der Waals surface area (Å²) in [4.78, 5) is 0. The molecule has 0 fully saturated rings. The standard InChI is InChI=1S/C18H14BNO/c21-19-13-9-11-14(12-10-13)20-17-7-3-1-5-15(17)16-6-2-4-8-18(16)20/h1-12,19,21H. The highest BCUT2D eigenvalue weighted by atomic mass is 16.2. The monoisotopic (exact) mass is 271 g/mol. The van der Waals surface area contributed by atoms with Crippen molar-refractivity contribution in [2.75, 3.05) is 0 Å². The first kappa shape index (κ1) is 12.2. The van der Waals surface area contributed by atoms with E-state index < -0.39 is 0 Å². The second-order valence-corrected chi connectivity index (χ2v) is 5.19. The molecule has 21 heavy (non-hydrogen) atoms. The Hall–Kier alpha value is -2.52. The van der Waals surface area contributed by atoms with Crippen LogP contribution in [0.1, 0.15) is 0 Å². The Labute approximate surface area is 123 Å². The molecule has 0 unspecified atom stereocenters. The van der Waals surface area contributed by atoms with Gasteiger partial charge in [-0.05, 0) is 24.3 Å². The lowest BCUT2D eigenvalue weighted by Crippen LogP contribution is -2.12. The Morgan fingerprint density at radius 1 is 0.667 bits per heavy atom. The van der Waals surface area contributed by atoms with Crippen molar-refractivity contribution in [3.05, 3.63) is 72.8 Å². The molecule has 0 radical (unpaired) electrons. The zero-order chi connectivity index (χ0) is 14.2. The van der Waals surface area contributed by atoms with Gasteiger partial charge in [0.2, 0.25) is 0 Å². The van der Waals surface area contributed by atoms with E-state index in [-0.39, 0.29) is 7.48 Å². The van der Waals surface area contributed by atoms with Crippen LogP contribution in [-0.4, -0.2) is 17.1 Å². The van der Waals surface area contributed by atoms with Crippen molar-refractivity contribution in [1.29, 1.82) is 0 Å². The first-order valence-corrected chi connectivity index (χ1v) is 7.07. The second-order valence-electron chi connectivity index (χ2n) is 5.19. The summed E-state index contributed by atoms with van der Waals surface area (Å²) in [6, 6.07) is 25.0. The van der Waals surface area contributed by atoms with Gasteiger partial charge < -0.3 is 9.59 Å². The van der Waals surface area contributed by atoms with Gasteiger partial charge in [-0.1, -0.05) is 54.0 Å². The highest BCUT2D eigenvalue weighted by molar-refractivity contribution is 6.45. The average Bonchev–Trinajstić information content (AvgIpc) is 2.90. The molecule has 3 aromatic carbocycles. The second kappa shape index (κ2) is 4.79. The Bertz CT molecular complexity index is 872. The van der Waals surface area contributed by atoms with Crippen LogP contribution in [0.5, 0.6) is 0 Å². The van der Waals surface area contributed by atoms with E-state index in [4.69, 9.17) is 0 Å². The van der Waals surface area contributed by atoms with Gasteiger partial charge in [0.1, 0.15) is 0 Å². The number of benzene rings is 3. The van der Waals surface area contributed by atoms with E-state index in [0.717, 1.165) is 11.2 Å². The smallest absolute Gasteiger partial charge is 0.304 e. The molecule has 100 valence electrons. The molecule has 0 saturated heterocycles. The summed E-state index contributed by atoms with van der Waals surface area (Å²) < 4.78 is 2.27. The minimum absolute atomic E-state index is 0.0768. The van der Waals surface area contributed by atoms with Gasteiger partial charge in [-0.15, -0.1) is 0 Å². The number of rotatable bonds is 2. The highest BCUT2D eigenvalue weighted by Crippen LogP contribution is 2.31. The van der Waals surface area contributed by atoms with E-state index in [2.05, 4.69) is 65.2 Å². The van der Waals surface area contributed by atoms with Crippen molar-refractivity contribution in [2.45, 2.75) is 0 Å². The average molecular weight is 271 g/mol. The van der Waals surface area contributed by atoms with Crippen molar-refractivity contribution < 1.29 is 5.02 Å². The van der Waals surface area contributed by atoms with Gasteiger partial charge in [-0.25, -0.2) is 0 Å². The molecule has 2 nitrogen and oxygen atoms in total. The third kappa shape index (κ3) is 1.86. The van der Waals surface area contributed by atoms with Crippen molar-refractivity contribution in [1.82, 2.24) is 4.57 Å². The lowest BCUT2D eigenvalue weighted by Gasteiger charge is -2.08. The van der Waals surface area contributed by atoms with Gasteiger partial charge in [0.25, 0.3) is 0 Å². The van der Waals surface area contributed by atoms with Gasteiger partial charge in [0.05, 0.1) is 11.0 Å². The summed E-state index contributed by atoms with van der Waals surface area (Å²) in [5.74, 6) is 0. The van der Waals surface area contributed by atoms with Crippen LogP contribution in [0.25, 0.3) is 27.5 Å². The number of aromatic nitrogens is 1. The van der Waals surface area contributed by atoms with Gasteiger partial charge in [-0.2, -0.15) is 0 Å². The molecule has 0 aliphatic carbocycles. The summed E-state index contributed by atoms with van der Waals surface area (Å²) in [6.07, 6.45) is 0. The maximum atomic E-state index is 9.20. The molecule has 0 amide bonds. The maximum absolute atomic E-state index is 9.20. The number of para-hydroxylation sites is 2. The van der Waals surface area contributed by atoms with Crippen LogP contribution in [0.15, 0.2) is 72.8 Å². The molecule has 0 spiro atoms. The van der Waals surface area contributed by atoms with Gasteiger partial charge in [-0.3, -0.25) is 0 Å². The third-order valence-corrected chi connectivity index (χ3v) is 3.96. The summed E-state index contributed by atoms with van der Waals surface area (Å²) in [6.45, 7) is 0. The number of fused-ring (bicyclic) bond motifs is 3. The molecule has 3 heteroatoms. The van der Waals surface area contributed by atoms with Crippen LogP contribution in [0.4, 0.5) is 0 Å². The lowest BCUT2D eigenvalue weighted by atomic mass is 9.89. The fourth-order valence-corrected chi connectivity index (χ4v) is 2.95. The maximum Gasteiger partial charge on any atom is 0.304 e. The summed E-state index contributed by atoms with van der Waals surface area (Å²) >= 11 is 0. The fourth-order valence-electron chi connectivity index (χ4n) is 2.95. The van der Waals surface area contributed by atoms with Crippen molar-refractivity contribution >= 4 is 34.8 Å². The van der Waals surface area contributed by atoms with E-state index in [0.29, 0.717) is 0 Å². The molecule has 4 rings (SSSR count). The Kier molecular flexibility index (Phi) is 2.79.